The number of aromatic nitrogens is 1. The van der Waals surface area contributed by atoms with Gasteiger partial charge in [0.25, 0.3) is 0 Å². The Balaban J connectivity index is 1.54. The molecule has 2 heterocycles. The zero-order chi connectivity index (χ0) is 25.8. The summed E-state index contributed by atoms with van der Waals surface area (Å²) in [6, 6.07) is 50.0. The molecule has 8 aromatic rings. The fraction of sp³-hybridized carbons (Fsp3) is 0. The average molecular weight is 514 g/mol. The summed E-state index contributed by atoms with van der Waals surface area (Å²) in [5.74, 6) is 0. The highest BCUT2D eigenvalue weighted by Crippen LogP contribution is 2.44. The molecular formula is C37H23NS. The number of fused-ring (bicyclic) bond motifs is 7. The van der Waals surface area contributed by atoms with E-state index in [-0.39, 0.29) is 0 Å². The molecular weight excluding hydrogens is 490 g/mol. The third kappa shape index (κ3) is 3.57. The molecule has 39 heavy (non-hydrogen) atoms. The van der Waals surface area contributed by atoms with Crippen LogP contribution < -0.4 is 0 Å². The van der Waals surface area contributed by atoms with Crippen LogP contribution in [0.5, 0.6) is 0 Å². The smallest absolute Gasteiger partial charge is 0.0809 e. The van der Waals surface area contributed by atoms with Gasteiger partial charge < -0.3 is 0 Å². The normalized spacial score (nSPS) is 11.6. The molecule has 0 amide bonds. The Hall–Kier alpha value is -4.79. The van der Waals surface area contributed by atoms with E-state index < -0.39 is 0 Å². The molecule has 8 rings (SSSR count). The topological polar surface area (TPSA) is 12.9 Å². The lowest BCUT2D eigenvalue weighted by Gasteiger charge is -2.14. The number of hydrogen-bond acceptors (Lipinski definition) is 2. The lowest BCUT2D eigenvalue weighted by atomic mass is 9.93. The van der Waals surface area contributed by atoms with Crippen LogP contribution in [0.2, 0.25) is 0 Å². The van der Waals surface area contributed by atoms with Gasteiger partial charge in [-0.25, -0.2) is 4.98 Å². The van der Waals surface area contributed by atoms with E-state index in [9.17, 15) is 0 Å². The zero-order valence-electron chi connectivity index (χ0n) is 21.1. The molecule has 0 spiro atoms. The molecule has 0 aliphatic carbocycles. The Morgan fingerprint density at radius 3 is 1.85 bits per heavy atom. The van der Waals surface area contributed by atoms with Crippen molar-refractivity contribution in [3.63, 3.8) is 0 Å². The van der Waals surface area contributed by atoms with E-state index in [1.54, 1.807) is 0 Å². The van der Waals surface area contributed by atoms with Crippen molar-refractivity contribution in [2.75, 3.05) is 0 Å². The van der Waals surface area contributed by atoms with Gasteiger partial charge in [0.1, 0.15) is 0 Å². The second-order valence-corrected chi connectivity index (χ2v) is 11.0. The van der Waals surface area contributed by atoms with E-state index >= 15 is 0 Å². The first-order valence-electron chi connectivity index (χ1n) is 13.2. The minimum absolute atomic E-state index is 0.993. The highest BCUT2D eigenvalue weighted by Gasteiger charge is 2.18. The standard InChI is InChI=1S/C37H23NS/c1-3-11-24(12-4-1)27-16-9-10-18-29(27)32-23-31(25-13-5-2-6-14-25)30-20-22-34-36(37(30)38-32)35-28-17-8-7-15-26(28)19-21-33(35)39-34/h1-23H. The fourth-order valence-corrected chi connectivity index (χ4v) is 7.01. The van der Waals surface area contributed by atoms with Crippen molar-refractivity contribution in [3.8, 4) is 33.5 Å². The maximum absolute atomic E-state index is 5.48. The molecule has 0 saturated carbocycles. The number of hydrogen-bond donors (Lipinski definition) is 0. The summed E-state index contributed by atoms with van der Waals surface area (Å²) in [6.07, 6.45) is 0. The van der Waals surface area contributed by atoms with Crippen molar-refractivity contribution in [2.45, 2.75) is 0 Å². The molecule has 0 bridgehead atoms. The van der Waals surface area contributed by atoms with Gasteiger partial charge in [-0.1, -0.05) is 121 Å². The molecule has 2 aromatic heterocycles. The van der Waals surface area contributed by atoms with Gasteiger partial charge in [-0.15, -0.1) is 11.3 Å². The SMILES string of the molecule is c1ccc(-c2ccccc2-c2cc(-c3ccccc3)c3ccc4sc5ccc6ccccc6c5c4c3n2)cc1. The van der Waals surface area contributed by atoms with Gasteiger partial charge in [0.15, 0.2) is 0 Å². The van der Waals surface area contributed by atoms with Gasteiger partial charge in [0.2, 0.25) is 0 Å². The molecule has 0 saturated heterocycles. The minimum atomic E-state index is 0.993. The Labute approximate surface area is 230 Å². The van der Waals surface area contributed by atoms with E-state index in [0.717, 1.165) is 16.8 Å². The Morgan fingerprint density at radius 1 is 0.436 bits per heavy atom. The van der Waals surface area contributed by atoms with Crippen LogP contribution >= 0.6 is 11.3 Å². The molecule has 0 aliphatic rings. The molecule has 0 fully saturated rings. The first-order valence-corrected chi connectivity index (χ1v) is 14.0. The molecule has 0 N–H and O–H groups in total. The summed E-state index contributed by atoms with van der Waals surface area (Å²) in [4.78, 5) is 5.48. The maximum atomic E-state index is 5.48. The van der Waals surface area contributed by atoms with Gasteiger partial charge in [-0.3, -0.25) is 0 Å². The van der Waals surface area contributed by atoms with E-state index in [4.69, 9.17) is 4.98 Å². The highest BCUT2D eigenvalue weighted by atomic mass is 32.1. The van der Waals surface area contributed by atoms with Crippen molar-refractivity contribution in [2.24, 2.45) is 0 Å². The van der Waals surface area contributed by atoms with Crippen molar-refractivity contribution in [1.29, 1.82) is 0 Å². The fourth-order valence-electron chi connectivity index (χ4n) is 5.88. The minimum Gasteiger partial charge on any atom is -0.247 e. The van der Waals surface area contributed by atoms with Gasteiger partial charge >= 0.3 is 0 Å². The molecule has 0 radical (unpaired) electrons. The van der Waals surface area contributed by atoms with Crippen molar-refractivity contribution in [1.82, 2.24) is 4.98 Å². The van der Waals surface area contributed by atoms with Gasteiger partial charge in [0, 0.05) is 31.1 Å². The number of pyridine rings is 1. The van der Waals surface area contributed by atoms with Crippen LogP contribution in [0.3, 0.4) is 0 Å². The number of nitrogens with zero attached hydrogens (tertiary/aromatic N) is 1. The third-order valence-electron chi connectivity index (χ3n) is 7.68. The average Bonchev–Trinajstić information content (AvgIpc) is 3.41. The van der Waals surface area contributed by atoms with Gasteiger partial charge in [-0.2, -0.15) is 0 Å². The van der Waals surface area contributed by atoms with Crippen molar-refractivity contribution in [3.05, 3.63) is 140 Å². The number of rotatable bonds is 3. The second-order valence-electron chi connectivity index (χ2n) is 9.93. The Bertz CT molecular complexity index is 2160. The number of thiophene rings is 1. The predicted octanol–water partition coefficient (Wildman–Crippen LogP) is 10.8. The summed E-state index contributed by atoms with van der Waals surface area (Å²) in [7, 11) is 0. The molecule has 2 heteroatoms. The van der Waals surface area contributed by atoms with E-state index in [1.165, 1.54) is 58.6 Å². The first kappa shape index (κ1) is 22.2. The van der Waals surface area contributed by atoms with Gasteiger partial charge in [0.05, 0.1) is 11.2 Å². The van der Waals surface area contributed by atoms with Crippen LogP contribution in [-0.4, -0.2) is 4.98 Å². The molecule has 0 unspecified atom stereocenters. The van der Waals surface area contributed by atoms with Crippen LogP contribution in [0.1, 0.15) is 0 Å². The Morgan fingerprint density at radius 2 is 1.05 bits per heavy atom. The monoisotopic (exact) mass is 513 g/mol. The number of benzene rings is 6. The van der Waals surface area contributed by atoms with Crippen LogP contribution in [0.15, 0.2) is 140 Å². The molecule has 0 aliphatic heterocycles. The van der Waals surface area contributed by atoms with E-state index in [0.29, 0.717) is 0 Å². The quantitative estimate of drug-likeness (QED) is 0.229. The largest absolute Gasteiger partial charge is 0.247 e. The molecule has 6 aromatic carbocycles. The summed E-state index contributed by atoms with van der Waals surface area (Å²) in [5, 5.41) is 6.28. The van der Waals surface area contributed by atoms with Crippen molar-refractivity contribution < 1.29 is 0 Å². The maximum Gasteiger partial charge on any atom is 0.0809 e. The summed E-state index contributed by atoms with van der Waals surface area (Å²) in [6.45, 7) is 0. The molecule has 182 valence electrons. The Kier molecular flexibility index (Phi) is 5.07. The molecule has 1 nitrogen and oxygen atoms in total. The van der Waals surface area contributed by atoms with Crippen LogP contribution in [0, 0.1) is 0 Å². The zero-order valence-corrected chi connectivity index (χ0v) is 22.0. The predicted molar refractivity (Wildman–Crippen MR) is 168 cm³/mol. The van der Waals surface area contributed by atoms with Gasteiger partial charge in [-0.05, 0) is 51.2 Å². The van der Waals surface area contributed by atoms with Crippen molar-refractivity contribution >= 4 is 53.2 Å². The first-order chi connectivity index (χ1) is 19.3. The summed E-state index contributed by atoms with van der Waals surface area (Å²) in [5.41, 5.74) is 8.00. The summed E-state index contributed by atoms with van der Waals surface area (Å²) >= 11 is 1.85. The highest BCUT2D eigenvalue weighted by molar-refractivity contribution is 7.26. The third-order valence-corrected chi connectivity index (χ3v) is 8.80. The van der Waals surface area contributed by atoms with Crippen LogP contribution in [0.4, 0.5) is 0 Å². The van der Waals surface area contributed by atoms with Crippen LogP contribution in [0.25, 0.3) is 75.4 Å². The second kappa shape index (κ2) is 8.90. The lowest BCUT2D eigenvalue weighted by Crippen LogP contribution is -1.93. The summed E-state index contributed by atoms with van der Waals surface area (Å²) < 4.78 is 2.57. The van der Waals surface area contributed by atoms with E-state index in [1.807, 2.05) is 11.3 Å². The van der Waals surface area contributed by atoms with Crippen LogP contribution in [-0.2, 0) is 0 Å². The van der Waals surface area contributed by atoms with E-state index in [2.05, 4.69) is 140 Å². The lowest BCUT2D eigenvalue weighted by molar-refractivity contribution is 1.41. The molecule has 0 atom stereocenters.